The van der Waals surface area contributed by atoms with Gasteiger partial charge in [-0.15, -0.1) is 0 Å². The number of nitrogens with zero attached hydrogens (tertiary/aromatic N) is 1. The van der Waals surface area contributed by atoms with Gasteiger partial charge < -0.3 is 19.7 Å². The summed E-state index contributed by atoms with van der Waals surface area (Å²) in [7, 11) is 1.61. The Kier molecular flexibility index (Phi) is 6.00. The van der Waals surface area contributed by atoms with E-state index in [2.05, 4.69) is 11.4 Å². The topological polar surface area (TPSA) is 67.9 Å². The summed E-state index contributed by atoms with van der Waals surface area (Å²) in [6, 6.07) is 15.8. The SMILES string of the molecule is COc1cccc(C(=O)N2CCC3(CC2)CC(CC(=O)NC2CCC2)c2ccccc2O3)c1. The lowest BCUT2D eigenvalue weighted by molar-refractivity contribution is -0.123. The molecule has 5 rings (SSSR count). The maximum Gasteiger partial charge on any atom is 0.253 e. The first kappa shape index (κ1) is 21.8. The number of fused-ring (bicyclic) bond motifs is 1. The predicted octanol–water partition coefficient (Wildman–Crippen LogP) is 4.30. The van der Waals surface area contributed by atoms with E-state index in [9.17, 15) is 9.59 Å². The third kappa shape index (κ3) is 4.56. The fourth-order valence-corrected chi connectivity index (χ4v) is 5.35. The fourth-order valence-electron chi connectivity index (χ4n) is 5.35. The molecule has 1 N–H and O–H groups in total. The van der Waals surface area contributed by atoms with E-state index in [0.29, 0.717) is 36.9 Å². The van der Waals surface area contributed by atoms with Crippen molar-refractivity contribution < 1.29 is 19.1 Å². The first-order valence-electron chi connectivity index (χ1n) is 12.1. The van der Waals surface area contributed by atoms with Gasteiger partial charge in [0.15, 0.2) is 0 Å². The third-order valence-corrected chi connectivity index (χ3v) is 7.48. The van der Waals surface area contributed by atoms with Crippen molar-refractivity contribution in [1.29, 1.82) is 0 Å². The van der Waals surface area contributed by atoms with E-state index in [0.717, 1.165) is 43.4 Å². The van der Waals surface area contributed by atoms with Gasteiger partial charge in [0.25, 0.3) is 5.91 Å². The Morgan fingerprint density at radius 2 is 1.91 bits per heavy atom. The molecule has 2 heterocycles. The van der Waals surface area contributed by atoms with E-state index in [1.165, 1.54) is 6.42 Å². The number of amides is 2. The Labute approximate surface area is 195 Å². The zero-order valence-electron chi connectivity index (χ0n) is 19.2. The van der Waals surface area contributed by atoms with Crippen molar-refractivity contribution in [3.8, 4) is 11.5 Å². The van der Waals surface area contributed by atoms with Crippen molar-refractivity contribution in [3.05, 3.63) is 59.7 Å². The van der Waals surface area contributed by atoms with Crippen LogP contribution in [0.1, 0.15) is 66.8 Å². The first-order chi connectivity index (χ1) is 16.0. The number of ether oxygens (including phenoxy) is 2. The Balaban J connectivity index is 1.28. The number of carbonyl (C=O) groups is 2. The molecule has 1 atom stereocenters. The molecule has 2 aromatic carbocycles. The summed E-state index contributed by atoms with van der Waals surface area (Å²) in [6.45, 7) is 1.28. The molecular weight excluding hydrogens is 416 g/mol. The summed E-state index contributed by atoms with van der Waals surface area (Å²) in [6.07, 6.45) is 6.22. The Bertz CT molecular complexity index is 1020. The van der Waals surface area contributed by atoms with Gasteiger partial charge in [0.1, 0.15) is 17.1 Å². The smallest absolute Gasteiger partial charge is 0.253 e. The largest absolute Gasteiger partial charge is 0.497 e. The zero-order valence-corrected chi connectivity index (χ0v) is 19.2. The maximum atomic E-state index is 13.1. The van der Waals surface area contributed by atoms with Crippen LogP contribution in [0.5, 0.6) is 11.5 Å². The van der Waals surface area contributed by atoms with Gasteiger partial charge >= 0.3 is 0 Å². The second-order valence-electron chi connectivity index (χ2n) is 9.65. The average Bonchev–Trinajstić information content (AvgIpc) is 2.81. The number of rotatable bonds is 5. The molecule has 0 bridgehead atoms. The standard InChI is InChI=1S/C27H32N2O4/c1-32-22-9-4-6-19(16-22)26(31)29-14-12-27(13-15-29)18-20(17-25(30)28-21-7-5-8-21)23-10-2-3-11-24(23)33-27/h2-4,6,9-11,16,20-21H,5,7-8,12-15,17-18H2,1H3,(H,28,30). The molecule has 1 unspecified atom stereocenters. The summed E-state index contributed by atoms with van der Waals surface area (Å²) in [4.78, 5) is 27.7. The van der Waals surface area contributed by atoms with Crippen molar-refractivity contribution >= 4 is 11.8 Å². The number of methoxy groups -OCH3 is 1. The highest BCUT2D eigenvalue weighted by molar-refractivity contribution is 5.94. The van der Waals surface area contributed by atoms with Crippen LogP contribution in [0.2, 0.25) is 0 Å². The van der Waals surface area contributed by atoms with Crippen molar-refractivity contribution in [3.63, 3.8) is 0 Å². The third-order valence-electron chi connectivity index (χ3n) is 7.48. The molecule has 6 heteroatoms. The molecule has 2 aliphatic heterocycles. The van der Waals surface area contributed by atoms with Crippen LogP contribution in [-0.4, -0.2) is 48.6 Å². The number of piperidine rings is 1. The minimum absolute atomic E-state index is 0.0244. The minimum Gasteiger partial charge on any atom is -0.497 e. The van der Waals surface area contributed by atoms with Crippen LogP contribution in [0.15, 0.2) is 48.5 Å². The van der Waals surface area contributed by atoms with E-state index in [4.69, 9.17) is 9.47 Å². The van der Waals surface area contributed by atoms with E-state index < -0.39 is 0 Å². The highest BCUT2D eigenvalue weighted by Gasteiger charge is 2.44. The lowest BCUT2D eigenvalue weighted by Crippen LogP contribution is -2.52. The quantitative estimate of drug-likeness (QED) is 0.741. The molecule has 2 aromatic rings. The average molecular weight is 449 g/mol. The number of para-hydroxylation sites is 1. The van der Waals surface area contributed by atoms with Crippen molar-refractivity contribution in [2.45, 2.75) is 62.5 Å². The molecule has 3 aliphatic rings. The normalized spacial score (nSPS) is 21.5. The van der Waals surface area contributed by atoms with Gasteiger partial charge in [-0.05, 0) is 55.5 Å². The number of carbonyl (C=O) groups excluding carboxylic acids is 2. The molecule has 1 spiro atoms. The molecule has 6 nitrogen and oxygen atoms in total. The summed E-state index contributed by atoms with van der Waals surface area (Å²) in [5, 5.41) is 3.19. The number of nitrogens with one attached hydrogen (secondary N) is 1. The second kappa shape index (κ2) is 9.08. The van der Waals surface area contributed by atoms with E-state index in [-0.39, 0.29) is 23.3 Å². The lowest BCUT2D eigenvalue weighted by atomic mass is 9.76. The number of hydrogen-bond donors (Lipinski definition) is 1. The van der Waals surface area contributed by atoms with Crippen molar-refractivity contribution in [2.24, 2.45) is 0 Å². The number of benzene rings is 2. The van der Waals surface area contributed by atoms with Crippen molar-refractivity contribution in [2.75, 3.05) is 20.2 Å². The van der Waals surface area contributed by atoms with Gasteiger partial charge in [-0.1, -0.05) is 24.3 Å². The Morgan fingerprint density at radius 3 is 2.64 bits per heavy atom. The van der Waals surface area contributed by atoms with Crippen molar-refractivity contribution in [1.82, 2.24) is 10.2 Å². The molecule has 174 valence electrons. The summed E-state index contributed by atoms with van der Waals surface area (Å²) in [5.41, 5.74) is 1.44. The Hall–Kier alpha value is -3.02. The number of hydrogen-bond acceptors (Lipinski definition) is 4. The van der Waals surface area contributed by atoms with Gasteiger partial charge in [-0.2, -0.15) is 0 Å². The fraction of sp³-hybridized carbons (Fsp3) is 0.481. The van der Waals surface area contributed by atoms with Crippen LogP contribution in [-0.2, 0) is 4.79 Å². The van der Waals surface area contributed by atoms with Gasteiger partial charge in [0.05, 0.1) is 7.11 Å². The summed E-state index contributed by atoms with van der Waals surface area (Å²) >= 11 is 0. The first-order valence-corrected chi connectivity index (χ1v) is 12.1. The van der Waals surface area contributed by atoms with Crippen LogP contribution >= 0.6 is 0 Å². The van der Waals surface area contributed by atoms with Crippen LogP contribution in [0.3, 0.4) is 0 Å². The highest BCUT2D eigenvalue weighted by atomic mass is 16.5. The predicted molar refractivity (Wildman–Crippen MR) is 126 cm³/mol. The zero-order chi connectivity index (χ0) is 22.8. The summed E-state index contributed by atoms with van der Waals surface area (Å²) in [5.74, 6) is 1.87. The van der Waals surface area contributed by atoms with E-state index >= 15 is 0 Å². The van der Waals surface area contributed by atoms with Crippen LogP contribution in [0.4, 0.5) is 0 Å². The van der Waals surface area contributed by atoms with Crippen LogP contribution in [0.25, 0.3) is 0 Å². The monoisotopic (exact) mass is 448 g/mol. The summed E-state index contributed by atoms with van der Waals surface area (Å²) < 4.78 is 11.8. The highest BCUT2D eigenvalue weighted by Crippen LogP contribution is 2.46. The molecule has 1 saturated heterocycles. The van der Waals surface area contributed by atoms with E-state index in [1.54, 1.807) is 13.2 Å². The van der Waals surface area contributed by atoms with Gasteiger partial charge in [0.2, 0.25) is 5.91 Å². The maximum absolute atomic E-state index is 13.1. The number of likely N-dealkylation sites (tertiary alicyclic amines) is 1. The van der Waals surface area contributed by atoms with Gasteiger partial charge in [-0.25, -0.2) is 0 Å². The van der Waals surface area contributed by atoms with Crippen LogP contribution in [0, 0.1) is 0 Å². The van der Waals surface area contributed by atoms with Crippen LogP contribution < -0.4 is 14.8 Å². The molecule has 33 heavy (non-hydrogen) atoms. The second-order valence-corrected chi connectivity index (χ2v) is 9.65. The van der Waals surface area contributed by atoms with Gasteiger partial charge in [0, 0.05) is 49.9 Å². The Morgan fingerprint density at radius 1 is 1.12 bits per heavy atom. The molecule has 2 fully saturated rings. The molecule has 1 saturated carbocycles. The molecule has 0 radical (unpaired) electrons. The molecule has 0 aromatic heterocycles. The minimum atomic E-state index is -0.332. The molecular formula is C27H32N2O4. The lowest BCUT2D eigenvalue weighted by Gasteiger charge is -2.47. The van der Waals surface area contributed by atoms with E-state index in [1.807, 2.05) is 41.3 Å². The van der Waals surface area contributed by atoms with Gasteiger partial charge in [-0.3, -0.25) is 9.59 Å². The molecule has 2 amide bonds. The molecule has 1 aliphatic carbocycles.